The Morgan fingerprint density at radius 2 is 1.73 bits per heavy atom. The normalized spacial score (nSPS) is 32.6. The van der Waals surface area contributed by atoms with Gasteiger partial charge in [0.25, 0.3) is 0 Å². The summed E-state index contributed by atoms with van der Waals surface area (Å²) in [6, 6.07) is 1.39. The van der Waals surface area contributed by atoms with Gasteiger partial charge in [0.15, 0.2) is 0 Å². The van der Waals surface area contributed by atoms with Crippen LogP contribution in [0.25, 0.3) is 0 Å². The molecule has 0 aliphatic carbocycles. The van der Waals surface area contributed by atoms with Gasteiger partial charge in [-0.3, -0.25) is 4.79 Å². The van der Waals surface area contributed by atoms with E-state index in [0.29, 0.717) is 18.0 Å². The highest BCUT2D eigenvalue weighted by Gasteiger charge is 2.34. The van der Waals surface area contributed by atoms with Gasteiger partial charge in [-0.25, -0.2) is 0 Å². The van der Waals surface area contributed by atoms with E-state index >= 15 is 0 Å². The van der Waals surface area contributed by atoms with Crippen LogP contribution in [0.4, 0.5) is 0 Å². The number of piperidine rings is 1. The summed E-state index contributed by atoms with van der Waals surface area (Å²) in [7, 11) is 0. The maximum absolute atomic E-state index is 12.1. The lowest BCUT2D eigenvalue weighted by Crippen LogP contribution is -2.40. The maximum Gasteiger partial charge on any atom is 0.220 e. The molecule has 4 heteroatoms. The Balaban J connectivity index is 1.26. The quantitative estimate of drug-likeness (QED) is 0.740. The molecule has 3 heterocycles. The Bertz CT molecular complexity index is 340. The number of likely N-dealkylation sites (tertiary alicyclic amines) is 1. The number of nitrogens with one attached hydrogen (secondary N) is 2. The molecule has 0 aromatic rings. The first kappa shape index (κ1) is 16.3. The summed E-state index contributed by atoms with van der Waals surface area (Å²) in [5, 5.41) is 6.80. The fraction of sp³-hybridized carbons (Fsp3) is 0.944. The third-order valence-corrected chi connectivity index (χ3v) is 5.72. The molecule has 2 N–H and O–H groups in total. The Morgan fingerprint density at radius 3 is 2.41 bits per heavy atom. The van der Waals surface area contributed by atoms with Gasteiger partial charge in [-0.1, -0.05) is 12.8 Å². The standard InChI is InChI=1S/C18H33N3O/c22-18(14-15-12-16-6-7-17(13-15)20-16)19-8-5-11-21-9-3-1-2-4-10-21/h15-17,20H,1-14H2,(H,19,22). The lowest BCUT2D eigenvalue weighted by atomic mass is 9.89. The van der Waals surface area contributed by atoms with Crippen molar-refractivity contribution in [3.63, 3.8) is 0 Å². The van der Waals surface area contributed by atoms with Crippen molar-refractivity contribution in [3.05, 3.63) is 0 Å². The molecule has 1 amide bonds. The van der Waals surface area contributed by atoms with Crippen LogP contribution in [0.15, 0.2) is 0 Å². The number of hydrogen-bond donors (Lipinski definition) is 2. The lowest BCUT2D eigenvalue weighted by Gasteiger charge is -2.28. The van der Waals surface area contributed by atoms with Crippen LogP contribution >= 0.6 is 0 Å². The fourth-order valence-electron chi connectivity index (χ4n) is 4.57. The minimum atomic E-state index is 0.280. The Morgan fingerprint density at radius 1 is 1.05 bits per heavy atom. The molecular formula is C18H33N3O. The van der Waals surface area contributed by atoms with Crippen LogP contribution in [-0.4, -0.2) is 49.1 Å². The molecule has 0 aromatic heterocycles. The van der Waals surface area contributed by atoms with Crippen molar-refractivity contribution < 1.29 is 4.79 Å². The van der Waals surface area contributed by atoms with E-state index in [9.17, 15) is 4.79 Å². The van der Waals surface area contributed by atoms with E-state index in [1.165, 1.54) is 64.5 Å². The van der Waals surface area contributed by atoms with Crippen molar-refractivity contribution in [2.24, 2.45) is 5.92 Å². The second kappa shape index (κ2) is 8.30. The molecule has 0 radical (unpaired) electrons. The molecule has 2 atom stereocenters. The molecule has 3 fully saturated rings. The zero-order valence-corrected chi connectivity index (χ0v) is 14.0. The number of amides is 1. The van der Waals surface area contributed by atoms with E-state index in [1.807, 2.05) is 0 Å². The third-order valence-electron chi connectivity index (χ3n) is 5.72. The van der Waals surface area contributed by atoms with Crippen molar-refractivity contribution >= 4 is 5.91 Å². The Hall–Kier alpha value is -0.610. The van der Waals surface area contributed by atoms with Crippen molar-refractivity contribution in [3.8, 4) is 0 Å². The van der Waals surface area contributed by atoms with Crippen LogP contribution < -0.4 is 10.6 Å². The average molecular weight is 307 g/mol. The minimum absolute atomic E-state index is 0.280. The molecule has 3 aliphatic rings. The topological polar surface area (TPSA) is 44.4 Å². The Labute approximate surface area is 135 Å². The van der Waals surface area contributed by atoms with Crippen LogP contribution in [0.3, 0.4) is 0 Å². The zero-order chi connectivity index (χ0) is 15.2. The highest BCUT2D eigenvalue weighted by molar-refractivity contribution is 5.76. The van der Waals surface area contributed by atoms with Crippen LogP contribution in [0.5, 0.6) is 0 Å². The molecule has 3 aliphatic heterocycles. The predicted molar refractivity (Wildman–Crippen MR) is 89.8 cm³/mol. The van der Waals surface area contributed by atoms with Crippen LogP contribution in [-0.2, 0) is 4.79 Å². The summed E-state index contributed by atoms with van der Waals surface area (Å²) in [4.78, 5) is 14.7. The van der Waals surface area contributed by atoms with Gasteiger partial charge in [0.1, 0.15) is 0 Å². The number of rotatable bonds is 6. The first-order valence-electron chi connectivity index (χ1n) is 9.55. The molecule has 126 valence electrons. The summed E-state index contributed by atoms with van der Waals surface area (Å²) in [6.45, 7) is 4.52. The van der Waals surface area contributed by atoms with E-state index in [2.05, 4.69) is 15.5 Å². The predicted octanol–water partition coefficient (Wildman–Crippen LogP) is 2.29. The van der Waals surface area contributed by atoms with E-state index < -0.39 is 0 Å². The van der Waals surface area contributed by atoms with E-state index in [-0.39, 0.29) is 5.91 Å². The number of carbonyl (C=O) groups excluding carboxylic acids is 1. The highest BCUT2D eigenvalue weighted by Crippen LogP contribution is 2.32. The molecule has 0 saturated carbocycles. The number of nitrogens with zero attached hydrogens (tertiary/aromatic N) is 1. The molecule has 22 heavy (non-hydrogen) atoms. The van der Waals surface area contributed by atoms with Gasteiger partial charge < -0.3 is 15.5 Å². The second-order valence-corrected chi connectivity index (χ2v) is 7.64. The molecule has 0 aromatic carbocycles. The molecule has 2 unspecified atom stereocenters. The van der Waals surface area contributed by atoms with Gasteiger partial charge in [-0.15, -0.1) is 0 Å². The third kappa shape index (κ3) is 4.95. The molecular weight excluding hydrogens is 274 g/mol. The van der Waals surface area contributed by atoms with Crippen molar-refractivity contribution in [2.45, 2.75) is 76.3 Å². The summed E-state index contributed by atoms with van der Waals surface area (Å²) in [5.74, 6) is 0.895. The summed E-state index contributed by atoms with van der Waals surface area (Å²) in [6.07, 6.45) is 12.4. The molecule has 3 saturated heterocycles. The van der Waals surface area contributed by atoms with Crippen LogP contribution in [0, 0.1) is 5.92 Å². The van der Waals surface area contributed by atoms with Gasteiger partial charge in [0.2, 0.25) is 5.91 Å². The molecule has 2 bridgehead atoms. The number of fused-ring (bicyclic) bond motifs is 2. The van der Waals surface area contributed by atoms with Gasteiger partial charge in [-0.2, -0.15) is 0 Å². The first-order valence-corrected chi connectivity index (χ1v) is 9.55. The van der Waals surface area contributed by atoms with Gasteiger partial charge in [-0.05, 0) is 70.5 Å². The first-order chi connectivity index (χ1) is 10.8. The SMILES string of the molecule is O=C(CC1CC2CCC(C1)N2)NCCCN1CCCCCC1. The summed E-state index contributed by atoms with van der Waals surface area (Å²) < 4.78 is 0. The lowest BCUT2D eigenvalue weighted by molar-refractivity contribution is -0.122. The van der Waals surface area contributed by atoms with Gasteiger partial charge in [0, 0.05) is 25.0 Å². The number of hydrogen-bond acceptors (Lipinski definition) is 3. The smallest absolute Gasteiger partial charge is 0.220 e. The zero-order valence-electron chi connectivity index (χ0n) is 14.0. The van der Waals surface area contributed by atoms with Crippen molar-refractivity contribution in [1.29, 1.82) is 0 Å². The van der Waals surface area contributed by atoms with Crippen molar-refractivity contribution in [2.75, 3.05) is 26.2 Å². The summed E-state index contributed by atoms with van der Waals surface area (Å²) in [5.41, 5.74) is 0. The van der Waals surface area contributed by atoms with Gasteiger partial charge in [0.05, 0.1) is 0 Å². The average Bonchev–Trinajstić information content (AvgIpc) is 2.72. The number of carbonyl (C=O) groups is 1. The van der Waals surface area contributed by atoms with Crippen LogP contribution in [0.1, 0.15) is 64.2 Å². The minimum Gasteiger partial charge on any atom is -0.356 e. The maximum atomic E-state index is 12.1. The van der Waals surface area contributed by atoms with E-state index in [4.69, 9.17) is 0 Å². The molecule has 3 rings (SSSR count). The highest BCUT2D eigenvalue weighted by atomic mass is 16.1. The van der Waals surface area contributed by atoms with E-state index in [0.717, 1.165) is 25.9 Å². The molecule has 4 nitrogen and oxygen atoms in total. The van der Waals surface area contributed by atoms with E-state index in [1.54, 1.807) is 0 Å². The summed E-state index contributed by atoms with van der Waals surface area (Å²) >= 11 is 0. The fourth-order valence-corrected chi connectivity index (χ4v) is 4.57. The van der Waals surface area contributed by atoms with Gasteiger partial charge >= 0.3 is 0 Å². The molecule has 0 spiro atoms. The van der Waals surface area contributed by atoms with Crippen molar-refractivity contribution in [1.82, 2.24) is 15.5 Å². The largest absolute Gasteiger partial charge is 0.356 e. The Kier molecular flexibility index (Phi) is 6.13. The second-order valence-electron chi connectivity index (χ2n) is 7.64. The monoisotopic (exact) mass is 307 g/mol. The van der Waals surface area contributed by atoms with Crippen LogP contribution in [0.2, 0.25) is 0 Å².